The maximum atomic E-state index is 12.7. The van der Waals surface area contributed by atoms with Crippen molar-refractivity contribution in [3.05, 3.63) is 18.3 Å². The molecule has 1 aromatic rings. The SMILES string of the molecule is O=C(Nc1ccc(OC2CCCC2)nc1)N1CC2(CCCO2)C1C1CC1. The van der Waals surface area contributed by atoms with Crippen LogP contribution in [0, 0.1) is 5.92 Å². The lowest BCUT2D eigenvalue weighted by Crippen LogP contribution is -2.72. The zero-order valence-corrected chi connectivity index (χ0v) is 15.2. The second-order valence-electron chi connectivity index (χ2n) is 8.27. The maximum absolute atomic E-state index is 12.7. The second kappa shape index (κ2) is 6.41. The lowest BCUT2D eigenvalue weighted by atomic mass is 9.78. The van der Waals surface area contributed by atoms with Crippen LogP contribution >= 0.6 is 0 Å². The fraction of sp³-hybridized carbons (Fsp3) is 0.700. The zero-order valence-electron chi connectivity index (χ0n) is 15.2. The summed E-state index contributed by atoms with van der Waals surface area (Å²) >= 11 is 0. The number of nitrogens with zero attached hydrogens (tertiary/aromatic N) is 2. The van der Waals surface area contributed by atoms with E-state index in [1.54, 1.807) is 6.20 Å². The molecule has 6 nitrogen and oxygen atoms in total. The first-order valence-electron chi connectivity index (χ1n) is 10.1. The van der Waals surface area contributed by atoms with Crippen LogP contribution in [0.5, 0.6) is 5.88 Å². The molecular formula is C20H27N3O3. The Morgan fingerprint density at radius 2 is 2.08 bits per heavy atom. The highest BCUT2D eigenvalue weighted by molar-refractivity contribution is 5.90. The lowest BCUT2D eigenvalue weighted by molar-refractivity contribution is -0.145. The fourth-order valence-electron chi connectivity index (χ4n) is 4.92. The van der Waals surface area contributed by atoms with Gasteiger partial charge in [0.15, 0.2) is 0 Å². The largest absolute Gasteiger partial charge is 0.474 e. The number of hydrogen-bond donors (Lipinski definition) is 1. The molecule has 140 valence electrons. The third-order valence-electron chi connectivity index (χ3n) is 6.35. The molecule has 26 heavy (non-hydrogen) atoms. The van der Waals surface area contributed by atoms with Crippen molar-refractivity contribution in [3.8, 4) is 5.88 Å². The number of rotatable bonds is 4. The van der Waals surface area contributed by atoms with Crippen LogP contribution in [0.25, 0.3) is 0 Å². The van der Waals surface area contributed by atoms with Crippen LogP contribution in [-0.2, 0) is 4.74 Å². The van der Waals surface area contributed by atoms with E-state index in [4.69, 9.17) is 9.47 Å². The molecule has 4 fully saturated rings. The van der Waals surface area contributed by atoms with Crippen molar-refractivity contribution in [1.29, 1.82) is 0 Å². The van der Waals surface area contributed by atoms with Crippen molar-refractivity contribution in [2.24, 2.45) is 5.92 Å². The molecule has 1 N–H and O–H groups in total. The van der Waals surface area contributed by atoms with Crippen molar-refractivity contribution in [3.63, 3.8) is 0 Å². The number of likely N-dealkylation sites (tertiary alicyclic amines) is 1. The number of nitrogens with one attached hydrogen (secondary N) is 1. The first-order valence-corrected chi connectivity index (χ1v) is 10.1. The molecule has 0 aromatic carbocycles. The van der Waals surface area contributed by atoms with E-state index in [2.05, 4.69) is 10.3 Å². The molecule has 0 radical (unpaired) electrons. The molecule has 3 heterocycles. The zero-order chi connectivity index (χ0) is 17.6. The fourth-order valence-corrected chi connectivity index (χ4v) is 4.92. The van der Waals surface area contributed by atoms with E-state index in [9.17, 15) is 4.79 Å². The van der Waals surface area contributed by atoms with Crippen LogP contribution in [0.4, 0.5) is 10.5 Å². The molecule has 1 aromatic heterocycles. The smallest absolute Gasteiger partial charge is 0.322 e. The number of amides is 2. The molecule has 4 aliphatic rings. The van der Waals surface area contributed by atoms with Gasteiger partial charge in [0.25, 0.3) is 0 Å². The summed E-state index contributed by atoms with van der Waals surface area (Å²) in [5, 5.41) is 3.00. The van der Waals surface area contributed by atoms with Gasteiger partial charge in [-0.25, -0.2) is 9.78 Å². The Morgan fingerprint density at radius 3 is 2.73 bits per heavy atom. The van der Waals surface area contributed by atoms with E-state index < -0.39 is 0 Å². The number of ether oxygens (including phenoxy) is 2. The number of aromatic nitrogens is 1. The van der Waals surface area contributed by atoms with Crippen molar-refractivity contribution < 1.29 is 14.3 Å². The molecule has 2 aliphatic heterocycles. The first kappa shape index (κ1) is 16.4. The van der Waals surface area contributed by atoms with Gasteiger partial charge in [-0.1, -0.05) is 0 Å². The Bertz CT molecular complexity index is 661. The number of pyridine rings is 1. The van der Waals surface area contributed by atoms with Crippen molar-refractivity contribution in [2.75, 3.05) is 18.5 Å². The van der Waals surface area contributed by atoms with E-state index in [1.165, 1.54) is 25.7 Å². The van der Waals surface area contributed by atoms with Crippen LogP contribution in [0.15, 0.2) is 18.3 Å². The maximum Gasteiger partial charge on any atom is 0.322 e. The molecule has 0 bridgehead atoms. The Hall–Kier alpha value is -1.82. The Morgan fingerprint density at radius 1 is 1.23 bits per heavy atom. The van der Waals surface area contributed by atoms with Gasteiger partial charge in [-0.15, -0.1) is 0 Å². The summed E-state index contributed by atoms with van der Waals surface area (Å²) in [4.78, 5) is 19.1. The molecule has 5 rings (SSSR count). The van der Waals surface area contributed by atoms with Gasteiger partial charge in [0.1, 0.15) is 11.7 Å². The third kappa shape index (κ3) is 2.94. The van der Waals surface area contributed by atoms with Gasteiger partial charge in [-0.3, -0.25) is 0 Å². The Kier molecular flexibility index (Phi) is 4.03. The third-order valence-corrected chi connectivity index (χ3v) is 6.35. The number of carbonyl (C=O) groups excluding carboxylic acids is 1. The second-order valence-corrected chi connectivity index (χ2v) is 8.27. The summed E-state index contributed by atoms with van der Waals surface area (Å²) in [6, 6.07) is 3.95. The van der Waals surface area contributed by atoms with Gasteiger partial charge in [0.05, 0.1) is 24.5 Å². The highest BCUT2D eigenvalue weighted by atomic mass is 16.5. The minimum absolute atomic E-state index is 0.0331. The van der Waals surface area contributed by atoms with Crippen molar-refractivity contribution in [2.45, 2.75) is 69.1 Å². The van der Waals surface area contributed by atoms with Gasteiger partial charge in [-0.05, 0) is 63.4 Å². The summed E-state index contributed by atoms with van der Waals surface area (Å²) in [5.41, 5.74) is 0.659. The average Bonchev–Trinajstić information content (AvgIpc) is 3.12. The number of urea groups is 1. The molecule has 2 unspecified atom stereocenters. The minimum Gasteiger partial charge on any atom is -0.474 e. The summed E-state index contributed by atoms with van der Waals surface area (Å²) in [7, 11) is 0. The highest BCUT2D eigenvalue weighted by Crippen LogP contribution is 2.51. The van der Waals surface area contributed by atoms with Gasteiger partial charge in [0, 0.05) is 12.7 Å². The first-order chi connectivity index (χ1) is 12.7. The van der Waals surface area contributed by atoms with Crippen molar-refractivity contribution in [1.82, 2.24) is 9.88 Å². The van der Waals surface area contributed by atoms with Crippen LogP contribution in [0.1, 0.15) is 51.4 Å². The van der Waals surface area contributed by atoms with Crippen LogP contribution in [-0.4, -0.2) is 46.8 Å². The predicted molar refractivity (Wildman–Crippen MR) is 97.3 cm³/mol. The Labute approximate surface area is 154 Å². The van der Waals surface area contributed by atoms with Gasteiger partial charge in [0.2, 0.25) is 5.88 Å². The molecule has 2 aliphatic carbocycles. The van der Waals surface area contributed by atoms with Gasteiger partial charge in [-0.2, -0.15) is 0 Å². The van der Waals surface area contributed by atoms with Crippen LogP contribution in [0.3, 0.4) is 0 Å². The monoisotopic (exact) mass is 357 g/mol. The normalized spacial score (nSPS) is 31.2. The van der Waals surface area contributed by atoms with E-state index in [-0.39, 0.29) is 17.7 Å². The molecule has 1 spiro atoms. The minimum atomic E-state index is -0.0598. The van der Waals surface area contributed by atoms with E-state index in [0.717, 1.165) is 44.5 Å². The topological polar surface area (TPSA) is 63.7 Å². The van der Waals surface area contributed by atoms with E-state index in [1.807, 2.05) is 17.0 Å². The molecule has 6 heteroatoms. The number of hydrogen-bond acceptors (Lipinski definition) is 4. The molecular weight excluding hydrogens is 330 g/mol. The van der Waals surface area contributed by atoms with E-state index >= 15 is 0 Å². The van der Waals surface area contributed by atoms with Crippen LogP contribution < -0.4 is 10.1 Å². The molecule has 2 atom stereocenters. The van der Waals surface area contributed by atoms with Gasteiger partial charge >= 0.3 is 6.03 Å². The van der Waals surface area contributed by atoms with E-state index in [0.29, 0.717) is 17.9 Å². The molecule has 2 saturated heterocycles. The van der Waals surface area contributed by atoms with Gasteiger partial charge < -0.3 is 19.7 Å². The summed E-state index contributed by atoms with van der Waals surface area (Å²) < 4.78 is 11.9. The number of carbonyl (C=O) groups is 1. The number of anilines is 1. The highest BCUT2D eigenvalue weighted by Gasteiger charge is 2.61. The summed E-state index contributed by atoms with van der Waals surface area (Å²) in [6.45, 7) is 1.56. The molecule has 2 amide bonds. The standard InChI is InChI=1S/C20H27N3O3/c24-19(23-13-20(10-3-11-25-20)18(23)14-6-7-14)22-15-8-9-17(21-12-15)26-16-4-1-2-5-16/h8-9,12,14,16,18H,1-7,10-11,13H2,(H,22,24). The summed E-state index contributed by atoms with van der Waals surface area (Å²) in [5.74, 6) is 1.26. The average molecular weight is 357 g/mol. The predicted octanol–water partition coefficient (Wildman–Crippen LogP) is 3.58. The Balaban J connectivity index is 1.20. The van der Waals surface area contributed by atoms with Crippen molar-refractivity contribution >= 4 is 11.7 Å². The molecule has 2 saturated carbocycles. The van der Waals surface area contributed by atoms with Crippen LogP contribution in [0.2, 0.25) is 0 Å². The lowest BCUT2D eigenvalue weighted by Gasteiger charge is -2.55. The quantitative estimate of drug-likeness (QED) is 0.895. The summed E-state index contributed by atoms with van der Waals surface area (Å²) in [6.07, 6.45) is 11.3.